The Kier molecular flexibility index (Phi) is 3.88. The van der Waals surface area contributed by atoms with Crippen molar-refractivity contribution in [3.8, 4) is 11.8 Å². The molecule has 1 aliphatic rings. The monoisotopic (exact) mass is 244 g/mol. The lowest BCUT2D eigenvalue weighted by molar-refractivity contribution is 0.201. The molecule has 1 fully saturated rings. The molecule has 1 aliphatic carbocycles. The van der Waals surface area contributed by atoms with E-state index in [-0.39, 0.29) is 11.6 Å². The maximum atomic E-state index is 9.31. The standard InChI is InChI=1S/C15H20N2O/c1-3-17-15(11-16)8-7-14(10-15)18-13-6-4-5-12(2)9-13/h4-6,9,14,17H,3,7-8,10H2,1-2H3. The number of nitrogens with zero attached hydrogens (tertiary/aromatic N) is 1. The van der Waals surface area contributed by atoms with E-state index in [0.717, 1.165) is 31.6 Å². The number of hydrogen-bond donors (Lipinski definition) is 1. The van der Waals surface area contributed by atoms with Gasteiger partial charge < -0.3 is 4.74 Å². The van der Waals surface area contributed by atoms with Gasteiger partial charge in [-0.05, 0) is 44.0 Å². The van der Waals surface area contributed by atoms with Gasteiger partial charge in [0.2, 0.25) is 0 Å². The molecule has 96 valence electrons. The van der Waals surface area contributed by atoms with Gasteiger partial charge in [0.15, 0.2) is 0 Å². The molecule has 0 aromatic heterocycles. The van der Waals surface area contributed by atoms with Crippen LogP contribution in [0.1, 0.15) is 31.7 Å². The third-order valence-corrected chi connectivity index (χ3v) is 3.49. The molecule has 0 aliphatic heterocycles. The van der Waals surface area contributed by atoms with E-state index in [9.17, 15) is 5.26 Å². The SMILES string of the molecule is CCNC1(C#N)CCC(Oc2cccc(C)c2)C1. The smallest absolute Gasteiger partial charge is 0.119 e. The molecular formula is C15H20N2O. The Balaban J connectivity index is 1.99. The van der Waals surface area contributed by atoms with Crippen LogP contribution in [-0.4, -0.2) is 18.2 Å². The first kappa shape index (κ1) is 12.9. The first-order valence-electron chi connectivity index (χ1n) is 6.57. The van der Waals surface area contributed by atoms with Gasteiger partial charge in [-0.1, -0.05) is 19.1 Å². The number of rotatable bonds is 4. The third kappa shape index (κ3) is 2.83. The summed E-state index contributed by atoms with van der Waals surface area (Å²) in [5.41, 5.74) is 0.812. The van der Waals surface area contributed by atoms with E-state index in [1.807, 2.05) is 25.1 Å². The minimum absolute atomic E-state index is 0.144. The van der Waals surface area contributed by atoms with Gasteiger partial charge in [0.05, 0.1) is 6.07 Å². The summed E-state index contributed by atoms with van der Waals surface area (Å²) in [4.78, 5) is 0. The summed E-state index contributed by atoms with van der Waals surface area (Å²) in [5, 5.41) is 12.6. The van der Waals surface area contributed by atoms with E-state index in [1.54, 1.807) is 0 Å². The van der Waals surface area contributed by atoms with E-state index in [0.29, 0.717) is 0 Å². The molecule has 1 N–H and O–H groups in total. The van der Waals surface area contributed by atoms with E-state index in [2.05, 4.69) is 24.4 Å². The van der Waals surface area contributed by atoms with Gasteiger partial charge in [-0.2, -0.15) is 5.26 Å². The summed E-state index contributed by atoms with van der Waals surface area (Å²) in [6, 6.07) is 10.5. The molecule has 0 spiro atoms. The minimum atomic E-state index is -0.386. The largest absolute Gasteiger partial charge is 0.490 e. The Hall–Kier alpha value is -1.53. The van der Waals surface area contributed by atoms with Gasteiger partial charge in [0.1, 0.15) is 17.4 Å². The maximum Gasteiger partial charge on any atom is 0.119 e. The zero-order valence-electron chi connectivity index (χ0n) is 11.1. The quantitative estimate of drug-likeness (QED) is 0.885. The van der Waals surface area contributed by atoms with Crippen LogP contribution in [0.2, 0.25) is 0 Å². The Morgan fingerprint density at radius 2 is 2.39 bits per heavy atom. The second-order valence-electron chi connectivity index (χ2n) is 5.02. The van der Waals surface area contributed by atoms with Crippen LogP contribution in [0, 0.1) is 18.3 Å². The van der Waals surface area contributed by atoms with Crippen LogP contribution < -0.4 is 10.1 Å². The van der Waals surface area contributed by atoms with Crippen molar-refractivity contribution in [3.05, 3.63) is 29.8 Å². The van der Waals surface area contributed by atoms with Gasteiger partial charge >= 0.3 is 0 Å². The second kappa shape index (κ2) is 5.41. The van der Waals surface area contributed by atoms with Crippen LogP contribution in [0.15, 0.2) is 24.3 Å². The highest BCUT2D eigenvalue weighted by Gasteiger charge is 2.39. The summed E-state index contributed by atoms with van der Waals surface area (Å²) in [6.45, 7) is 4.91. The van der Waals surface area contributed by atoms with Crippen LogP contribution in [-0.2, 0) is 0 Å². The molecule has 0 amide bonds. The van der Waals surface area contributed by atoms with Gasteiger partial charge in [0, 0.05) is 6.42 Å². The number of aryl methyl sites for hydroxylation is 1. The van der Waals surface area contributed by atoms with Crippen LogP contribution in [0.3, 0.4) is 0 Å². The van der Waals surface area contributed by atoms with Crippen molar-refractivity contribution in [1.82, 2.24) is 5.32 Å². The van der Waals surface area contributed by atoms with Crippen LogP contribution in [0.25, 0.3) is 0 Å². The molecule has 1 aromatic carbocycles. The molecule has 0 heterocycles. The van der Waals surface area contributed by atoms with Crippen molar-refractivity contribution in [2.45, 2.75) is 44.8 Å². The van der Waals surface area contributed by atoms with Crippen LogP contribution in [0.4, 0.5) is 0 Å². The fraction of sp³-hybridized carbons (Fsp3) is 0.533. The average molecular weight is 244 g/mol. The predicted octanol–water partition coefficient (Wildman–Crippen LogP) is 2.80. The lowest BCUT2D eigenvalue weighted by Crippen LogP contribution is -2.42. The summed E-state index contributed by atoms with van der Waals surface area (Å²) >= 11 is 0. The summed E-state index contributed by atoms with van der Waals surface area (Å²) in [5.74, 6) is 0.908. The lowest BCUT2D eigenvalue weighted by Gasteiger charge is -2.22. The van der Waals surface area contributed by atoms with Gasteiger partial charge in [-0.3, -0.25) is 5.32 Å². The molecule has 1 saturated carbocycles. The summed E-state index contributed by atoms with van der Waals surface area (Å²) in [6.07, 6.45) is 2.72. The topological polar surface area (TPSA) is 45.0 Å². The molecule has 1 aromatic rings. The summed E-state index contributed by atoms with van der Waals surface area (Å²) in [7, 11) is 0. The minimum Gasteiger partial charge on any atom is -0.490 e. The average Bonchev–Trinajstić information content (AvgIpc) is 2.74. The number of hydrogen-bond acceptors (Lipinski definition) is 3. The van der Waals surface area contributed by atoms with Gasteiger partial charge in [-0.15, -0.1) is 0 Å². The first-order valence-corrected chi connectivity index (χ1v) is 6.57. The predicted molar refractivity (Wildman–Crippen MR) is 71.5 cm³/mol. The molecule has 3 nitrogen and oxygen atoms in total. The number of nitrogens with one attached hydrogen (secondary N) is 1. The van der Waals surface area contributed by atoms with E-state index >= 15 is 0 Å². The van der Waals surface area contributed by atoms with Crippen molar-refractivity contribution < 1.29 is 4.74 Å². The summed E-state index contributed by atoms with van der Waals surface area (Å²) < 4.78 is 5.97. The Labute approximate surface area is 109 Å². The van der Waals surface area contributed by atoms with E-state index in [1.165, 1.54) is 5.56 Å². The van der Waals surface area contributed by atoms with Crippen LogP contribution >= 0.6 is 0 Å². The van der Waals surface area contributed by atoms with Crippen molar-refractivity contribution in [1.29, 1.82) is 5.26 Å². The highest BCUT2D eigenvalue weighted by Crippen LogP contribution is 2.32. The highest BCUT2D eigenvalue weighted by molar-refractivity contribution is 5.28. The molecule has 0 radical (unpaired) electrons. The molecule has 2 atom stereocenters. The first-order chi connectivity index (χ1) is 8.67. The third-order valence-electron chi connectivity index (χ3n) is 3.49. The van der Waals surface area contributed by atoms with Gasteiger partial charge in [0.25, 0.3) is 0 Å². The zero-order chi connectivity index (χ0) is 13.0. The molecule has 2 rings (SSSR count). The zero-order valence-corrected chi connectivity index (χ0v) is 11.1. The molecule has 0 saturated heterocycles. The Morgan fingerprint density at radius 1 is 1.56 bits per heavy atom. The lowest BCUT2D eigenvalue weighted by atomic mass is 10.00. The van der Waals surface area contributed by atoms with Crippen molar-refractivity contribution in [2.75, 3.05) is 6.54 Å². The second-order valence-corrected chi connectivity index (χ2v) is 5.02. The van der Waals surface area contributed by atoms with Gasteiger partial charge in [-0.25, -0.2) is 0 Å². The fourth-order valence-corrected chi connectivity index (χ4v) is 2.62. The molecular weight excluding hydrogens is 224 g/mol. The molecule has 0 bridgehead atoms. The van der Waals surface area contributed by atoms with E-state index in [4.69, 9.17) is 4.74 Å². The van der Waals surface area contributed by atoms with E-state index < -0.39 is 0 Å². The molecule has 2 unspecified atom stereocenters. The van der Waals surface area contributed by atoms with Crippen molar-refractivity contribution in [2.24, 2.45) is 0 Å². The normalized spacial score (nSPS) is 26.8. The van der Waals surface area contributed by atoms with Crippen molar-refractivity contribution in [3.63, 3.8) is 0 Å². The molecule has 3 heteroatoms. The number of ether oxygens (including phenoxy) is 1. The molecule has 18 heavy (non-hydrogen) atoms. The number of nitriles is 1. The highest BCUT2D eigenvalue weighted by atomic mass is 16.5. The Bertz CT molecular complexity index is 452. The van der Waals surface area contributed by atoms with Crippen molar-refractivity contribution >= 4 is 0 Å². The fourth-order valence-electron chi connectivity index (χ4n) is 2.62. The van der Waals surface area contributed by atoms with Crippen LogP contribution in [0.5, 0.6) is 5.75 Å². The number of benzene rings is 1. The Morgan fingerprint density at radius 3 is 3.06 bits per heavy atom. The maximum absolute atomic E-state index is 9.31.